The van der Waals surface area contributed by atoms with Crippen LogP contribution in [0.4, 0.5) is 17.3 Å². The lowest BCUT2D eigenvalue weighted by Crippen LogP contribution is -2.42. The van der Waals surface area contributed by atoms with E-state index in [2.05, 4.69) is 25.5 Å². The Morgan fingerprint density at radius 1 is 0.902 bits per heavy atom. The van der Waals surface area contributed by atoms with Crippen LogP contribution in [-0.2, 0) is 4.79 Å². The van der Waals surface area contributed by atoms with Crippen molar-refractivity contribution in [3.05, 3.63) is 115 Å². The quantitative estimate of drug-likeness (QED) is 0.208. The van der Waals surface area contributed by atoms with Gasteiger partial charge in [0.15, 0.2) is 0 Å². The number of aliphatic hydroxyl groups excluding tert-OH is 1. The van der Waals surface area contributed by atoms with Gasteiger partial charge in [0.1, 0.15) is 6.04 Å². The predicted molar refractivity (Wildman–Crippen MR) is 167 cm³/mol. The first kappa shape index (κ1) is 29.6. The number of nitrogens with zero attached hydrogens (tertiary/aromatic N) is 3. The molecule has 41 heavy (non-hydrogen) atoms. The van der Waals surface area contributed by atoms with Crippen molar-refractivity contribution in [3.8, 4) is 11.3 Å². The molecule has 0 saturated carbocycles. The van der Waals surface area contributed by atoms with E-state index in [4.69, 9.17) is 0 Å². The molecule has 1 amide bonds. The molecule has 1 unspecified atom stereocenters. The fourth-order valence-corrected chi connectivity index (χ4v) is 4.72. The number of carbonyl (C=O) groups is 1. The van der Waals surface area contributed by atoms with E-state index in [9.17, 15) is 9.90 Å². The van der Waals surface area contributed by atoms with Crippen LogP contribution in [-0.4, -0.2) is 45.6 Å². The lowest BCUT2D eigenvalue weighted by Gasteiger charge is -2.36. The van der Waals surface area contributed by atoms with Crippen molar-refractivity contribution < 1.29 is 9.90 Å². The molecule has 4 aromatic rings. The summed E-state index contributed by atoms with van der Waals surface area (Å²) in [5, 5.41) is 15.8. The van der Waals surface area contributed by atoms with Gasteiger partial charge in [-0.3, -0.25) is 9.69 Å². The van der Waals surface area contributed by atoms with E-state index in [1.54, 1.807) is 6.20 Å². The smallest absolute Gasteiger partial charge is 0.246 e. The topological polar surface area (TPSA) is 90.4 Å². The summed E-state index contributed by atoms with van der Waals surface area (Å²) < 4.78 is 0. The number of allylic oxidation sites excluding steroid dienone is 2. The molecule has 1 aromatic heterocycles. The van der Waals surface area contributed by atoms with Crippen molar-refractivity contribution in [2.75, 3.05) is 30.3 Å². The summed E-state index contributed by atoms with van der Waals surface area (Å²) in [7, 11) is 0. The van der Waals surface area contributed by atoms with Gasteiger partial charge in [-0.2, -0.15) is 0 Å². The van der Waals surface area contributed by atoms with Gasteiger partial charge in [-0.05, 0) is 81.6 Å². The second-order valence-electron chi connectivity index (χ2n) is 9.96. The van der Waals surface area contributed by atoms with Crippen LogP contribution in [0.2, 0.25) is 0 Å². The number of rotatable bonds is 8. The molecule has 2 heterocycles. The number of hydrogen-bond donors (Lipinski definition) is 3. The first-order valence-electron chi connectivity index (χ1n) is 14.1. The predicted octanol–water partition coefficient (Wildman–Crippen LogP) is 6.85. The van der Waals surface area contributed by atoms with Crippen LogP contribution in [0, 0.1) is 5.92 Å². The number of carbonyl (C=O) groups excluding carboxylic acids is 1. The Hall–Kier alpha value is -4.33. The van der Waals surface area contributed by atoms with Gasteiger partial charge in [-0.25, -0.2) is 9.97 Å². The van der Waals surface area contributed by atoms with Gasteiger partial charge in [-0.15, -0.1) is 0 Å². The van der Waals surface area contributed by atoms with Crippen molar-refractivity contribution in [1.29, 1.82) is 0 Å². The molecule has 0 radical (unpaired) electrons. The molecule has 212 valence electrons. The minimum atomic E-state index is -0.381. The SMILES string of the molecule is C/C=C\C.O=C(Nc1ccc(-c2ccnc(Nc3ccccc3)n2)cc1)C(c1ccccc1)N1CCC(CO)CC1. The number of piperidine rings is 1. The molecule has 5 rings (SSSR count). The summed E-state index contributed by atoms with van der Waals surface area (Å²) in [6.45, 7) is 5.77. The molecular weight excluding hydrogens is 510 g/mol. The number of aliphatic hydroxyl groups is 1. The van der Waals surface area contributed by atoms with Crippen molar-refractivity contribution in [3.63, 3.8) is 0 Å². The molecule has 1 aliphatic rings. The third kappa shape index (κ3) is 8.58. The van der Waals surface area contributed by atoms with Gasteiger partial charge < -0.3 is 15.7 Å². The van der Waals surface area contributed by atoms with Crippen molar-refractivity contribution in [1.82, 2.24) is 14.9 Å². The number of para-hydroxylation sites is 1. The summed E-state index contributed by atoms with van der Waals surface area (Å²) in [5.41, 5.74) is 4.35. The van der Waals surface area contributed by atoms with Crippen LogP contribution >= 0.6 is 0 Å². The molecule has 0 aliphatic carbocycles. The summed E-state index contributed by atoms with van der Waals surface area (Å²) in [4.78, 5) is 24.7. The Bertz CT molecular complexity index is 1370. The Labute approximate surface area is 243 Å². The summed E-state index contributed by atoms with van der Waals surface area (Å²) in [6, 6.07) is 28.9. The first-order valence-corrected chi connectivity index (χ1v) is 14.1. The van der Waals surface area contributed by atoms with E-state index in [1.807, 2.05) is 117 Å². The van der Waals surface area contributed by atoms with Gasteiger partial charge in [0.25, 0.3) is 0 Å². The average Bonchev–Trinajstić information content (AvgIpc) is 3.03. The maximum absolute atomic E-state index is 13.5. The average molecular weight is 550 g/mol. The van der Waals surface area contributed by atoms with Crippen molar-refractivity contribution in [2.24, 2.45) is 5.92 Å². The summed E-state index contributed by atoms with van der Waals surface area (Å²) in [5.74, 6) is 0.781. The van der Waals surface area contributed by atoms with Crippen LogP contribution in [0.3, 0.4) is 0 Å². The van der Waals surface area contributed by atoms with Crippen LogP contribution < -0.4 is 10.6 Å². The van der Waals surface area contributed by atoms with Crippen LogP contribution in [0.1, 0.15) is 38.3 Å². The number of nitrogens with one attached hydrogen (secondary N) is 2. The number of likely N-dealkylation sites (tertiary alicyclic amines) is 1. The van der Waals surface area contributed by atoms with E-state index >= 15 is 0 Å². The Morgan fingerprint density at radius 2 is 1.54 bits per heavy atom. The molecule has 7 heteroatoms. The molecule has 3 N–H and O–H groups in total. The van der Waals surface area contributed by atoms with Crippen molar-refractivity contribution in [2.45, 2.75) is 32.7 Å². The fraction of sp³-hybridized carbons (Fsp3) is 0.265. The third-order valence-electron chi connectivity index (χ3n) is 7.10. The number of anilines is 3. The minimum absolute atomic E-state index is 0.0576. The highest BCUT2D eigenvalue weighted by atomic mass is 16.3. The fourth-order valence-electron chi connectivity index (χ4n) is 4.72. The zero-order valence-electron chi connectivity index (χ0n) is 23.8. The molecule has 0 spiro atoms. The van der Waals surface area contributed by atoms with Crippen LogP contribution in [0.5, 0.6) is 0 Å². The maximum Gasteiger partial charge on any atom is 0.246 e. The van der Waals surface area contributed by atoms with E-state index in [-0.39, 0.29) is 18.6 Å². The molecule has 1 atom stereocenters. The molecule has 7 nitrogen and oxygen atoms in total. The molecule has 0 bridgehead atoms. The van der Waals surface area contributed by atoms with Gasteiger partial charge >= 0.3 is 0 Å². The highest BCUT2D eigenvalue weighted by molar-refractivity contribution is 5.95. The standard InChI is InChI=1S/C30H31N5O2.C4H8/c36-21-22-16-19-35(20-17-22)28(24-7-3-1-4-8-24)29(37)32-26-13-11-23(12-14-26)27-15-18-31-30(34-27)33-25-9-5-2-6-10-25;1-3-4-2/h1-15,18,22,28,36H,16-17,19-21H2,(H,32,37)(H,31,33,34);3-4H,1-2H3/b;4-3-. The monoisotopic (exact) mass is 549 g/mol. The number of hydrogen-bond acceptors (Lipinski definition) is 6. The molecule has 1 fully saturated rings. The third-order valence-corrected chi connectivity index (χ3v) is 7.10. The first-order chi connectivity index (χ1) is 20.1. The van der Waals surface area contributed by atoms with Gasteiger partial charge in [0, 0.05) is 29.7 Å². The highest BCUT2D eigenvalue weighted by Crippen LogP contribution is 2.29. The Morgan fingerprint density at radius 3 is 2.15 bits per heavy atom. The largest absolute Gasteiger partial charge is 0.396 e. The zero-order chi connectivity index (χ0) is 28.9. The highest BCUT2D eigenvalue weighted by Gasteiger charge is 2.31. The second-order valence-corrected chi connectivity index (χ2v) is 9.96. The summed E-state index contributed by atoms with van der Waals surface area (Å²) >= 11 is 0. The molecule has 3 aromatic carbocycles. The number of aromatic nitrogens is 2. The minimum Gasteiger partial charge on any atom is -0.396 e. The van der Waals surface area contributed by atoms with Gasteiger partial charge in [0.05, 0.1) is 5.69 Å². The molecule has 1 saturated heterocycles. The number of amides is 1. The zero-order valence-corrected chi connectivity index (χ0v) is 23.8. The van der Waals surface area contributed by atoms with E-state index in [0.717, 1.165) is 54.1 Å². The van der Waals surface area contributed by atoms with E-state index in [1.165, 1.54) is 0 Å². The number of benzene rings is 3. The summed E-state index contributed by atoms with van der Waals surface area (Å²) in [6.07, 6.45) is 7.51. The molecular formula is C34H39N5O2. The lowest BCUT2D eigenvalue weighted by atomic mass is 9.94. The Balaban J connectivity index is 0.000000909. The Kier molecular flexibility index (Phi) is 11.2. The van der Waals surface area contributed by atoms with Crippen LogP contribution in [0.25, 0.3) is 11.3 Å². The van der Waals surface area contributed by atoms with Crippen LogP contribution in [0.15, 0.2) is 109 Å². The molecule has 1 aliphatic heterocycles. The van der Waals surface area contributed by atoms with E-state index < -0.39 is 0 Å². The van der Waals surface area contributed by atoms with Gasteiger partial charge in [0.2, 0.25) is 11.9 Å². The normalized spacial score (nSPS) is 14.6. The van der Waals surface area contributed by atoms with E-state index in [0.29, 0.717) is 11.9 Å². The maximum atomic E-state index is 13.5. The second kappa shape index (κ2) is 15.5. The lowest BCUT2D eigenvalue weighted by molar-refractivity contribution is -0.122. The van der Waals surface area contributed by atoms with Crippen molar-refractivity contribution >= 4 is 23.2 Å². The van der Waals surface area contributed by atoms with Gasteiger partial charge in [-0.1, -0.05) is 72.8 Å².